The molecule has 0 radical (unpaired) electrons. The van der Waals surface area contributed by atoms with Crippen LogP contribution in [0.3, 0.4) is 0 Å². The Hall–Kier alpha value is -0.460. The molecule has 0 aromatic carbocycles. The second-order valence-corrected chi connectivity index (χ2v) is 1.47. The van der Waals surface area contributed by atoms with E-state index in [-0.39, 0.29) is 0 Å². The fraction of sp³-hybridized carbons (Fsp3) is 0. The molecule has 0 atom stereocenters. The van der Waals surface area contributed by atoms with Crippen molar-refractivity contribution in [2.75, 3.05) is 0 Å². The van der Waals surface area contributed by atoms with E-state index in [1.54, 1.807) is 17.7 Å². The summed E-state index contributed by atoms with van der Waals surface area (Å²) >= 11 is 1.40. The molecule has 0 unspecified atom stereocenters. The van der Waals surface area contributed by atoms with Crippen LogP contribution >= 0.6 is 11.9 Å². The van der Waals surface area contributed by atoms with Crippen LogP contribution in [0.1, 0.15) is 0 Å². The summed E-state index contributed by atoms with van der Waals surface area (Å²) in [5.74, 6) is 0. The Morgan fingerprint density at radius 2 is 2.67 bits per heavy atom. The molecule has 0 aromatic heterocycles. The zero-order valence-electron chi connectivity index (χ0n) is 3.09. The van der Waals surface area contributed by atoms with Crippen molar-refractivity contribution >= 4 is 18.2 Å². The maximum absolute atomic E-state index is 3.80. The Labute approximate surface area is 40.6 Å². The monoisotopic (exact) mass is 97.0 g/mol. The van der Waals surface area contributed by atoms with E-state index in [1.807, 2.05) is 0 Å². The maximum Gasteiger partial charge on any atom is 0.0432 e. The molecule has 1 heterocycles. The SMILES string of the molecule is C1=CC=NSC=1. The Morgan fingerprint density at radius 1 is 1.67 bits per heavy atom. The van der Waals surface area contributed by atoms with Gasteiger partial charge in [0.1, 0.15) is 0 Å². The summed E-state index contributed by atoms with van der Waals surface area (Å²) < 4.78 is 3.80. The highest BCUT2D eigenvalue weighted by molar-refractivity contribution is 8.01. The maximum atomic E-state index is 3.80. The Bertz CT molecular complexity index is 120. The first-order chi connectivity index (χ1) is 3.00. The van der Waals surface area contributed by atoms with Crippen LogP contribution in [0.25, 0.3) is 0 Å². The second kappa shape index (κ2) is 1.85. The summed E-state index contributed by atoms with van der Waals surface area (Å²) in [5, 5.41) is 1.81. The molecule has 0 N–H and O–H groups in total. The lowest BCUT2D eigenvalue weighted by atomic mass is 10.7. The highest BCUT2D eigenvalue weighted by Gasteiger charge is 1.70. The van der Waals surface area contributed by atoms with E-state index in [2.05, 4.69) is 10.1 Å². The van der Waals surface area contributed by atoms with Gasteiger partial charge in [0.15, 0.2) is 0 Å². The second-order valence-electron chi connectivity index (χ2n) is 0.811. The quantitative estimate of drug-likeness (QED) is 0.328. The van der Waals surface area contributed by atoms with Crippen molar-refractivity contribution in [2.24, 2.45) is 4.40 Å². The largest absolute Gasteiger partial charge is 0.219 e. The van der Waals surface area contributed by atoms with Crippen molar-refractivity contribution in [1.82, 2.24) is 0 Å². The smallest absolute Gasteiger partial charge is 0.0432 e. The molecule has 0 aromatic rings. The molecule has 0 amide bonds. The molecule has 1 rings (SSSR count). The van der Waals surface area contributed by atoms with Crippen LogP contribution in [0.5, 0.6) is 0 Å². The van der Waals surface area contributed by atoms with Gasteiger partial charge in [0.2, 0.25) is 0 Å². The van der Waals surface area contributed by atoms with Crippen LogP contribution in [0.15, 0.2) is 21.6 Å². The van der Waals surface area contributed by atoms with Gasteiger partial charge in [-0.1, -0.05) is 0 Å². The van der Waals surface area contributed by atoms with Crippen molar-refractivity contribution in [1.29, 1.82) is 0 Å². The third-order valence-electron chi connectivity index (χ3n) is 0.413. The van der Waals surface area contributed by atoms with Crippen LogP contribution < -0.4 is 0 Å². The fourth-order valence-electron chi connectivity index (χ4n) is 0.209. The summed E-state index contributed by atoms with van der Waals surface area (Å²) in [6.45, 7) is 0. The van der Waals surface area contributed by atoms with Crippen LogP contribution in [-0.4, -0.2) is 6.21 Å². The molecule has 1 nitrogen and oxygen atoms in total. The molecule has 6 heavy (non-hydrogen) atoms. The Balaban J connectivity index is 2.78. The minimum absolute atomic E-state index is 1.40. The van der Waals surface area contributed by atoms with Gasteiger partial charge in [-0.25, -0.2) is 4.40 Å². The lowest BCUT2D eigenvalue weighted by Crippen LogP contribution is -1.58. The Morgan fingerprint density at radius 3 is 2.83 bits per heavy atom. The molecule has 0 bridgehead atoms. The summed E-state index contributed by atoms with van der Waals surface area (Å²) in [7, 11) is 0. The van der Waals surface area contributed by atoms with E-state index >= 15 is 0 Å². The van der Waals surface area contributed by atoms with Gasteiger partial charge in [0.25, 0.3) is 0 Å². The number of nitrogens with zero attached hydrogens (tertiary/aromatic N) is 1. The third-order valence-corrected chi connectivity index (χ3v) is 0.898. The highest BCUT2D eigenvalue weighted by atomic mass is 32.2. The van der Waals surface area contributed by atoms with Crippen molar-refractivity contribution in [3.05, 3.63) is 17.2 Å². The van der Waals surface area contributed by atoms with Gasteiger partial charge in [-0.05, 0) is 6.08 Å². The molecule has 30 valence electrons. The van der Waals surface area contributed by atoms with E-state index in [4.69, 9.17) is 0 Å². The average Bonchev–Trinajstić information content (AvgIpc) is 1.72. The summed E-state index contributed by atoms with van der Waals surface area (Å²) in [6.07, 6.45) is 3.49. The predicted molar refractivity (Wildman–Crippen MR) is 28.7 cm³/mol. The van der Waals surface area contributed by atoms with Crippen LogP contribution in [0.2, 0.25) is 0 Å². The first-order valence-corrected chi connectivity index (χ1v) is 2.42. The number of rotatable bonds is 0. The molecule has 1 aliphatic heterocycles. The molecular formula is C4H3NS. The number of allylic oxidation sites excluding steroid dienone is 1. The van der Waals surface area contributed by atoms with Crippen molar-refractivity contribution < 1.29 is 0 Å². The summed E-state index contributed by atoms with van der Waals surface area (Å²) in [6, 6.07) is 0. The van der Waals surface area contributed by atoms with Gasteiger partial charge in [-0.3, -0.25) is 0 Å². The fourth-order valence-corrected chi connectivity index (χ4v) is 0.540. The molecule has 2 heteroatoms. The number of hydrogen-bond acceptors (Lipinski definition) is 2. The molecular weight excluding hydrogens is 94.1 g/mol. The first kappa shape index (κ1) is 3.72. The van der Waals surface area contributed by atoms with E-state index in [9.17, 15) is 0 Å². The van der Waals surface area contributed by atoms with E-state index < -0.39 is 0 Å². The minimum atomic E-state index is 1.40. The number of hydrogen-bond donors (Lipinski definition) is 0. The molecule has 0 fully saturated rings. The Kier molecular flexibility index (Phi) is 1.15. The standard InChI is InChI=1S/C4H3NS/c1-2-4-6-5-3-1/h1,3-4H. The highest BCUT2D eigenvalue weighted by Crippen LogP contribution is 2.02. The summed E-state index contributed by atoms with van der Waals surface area (Å²) in [4.78, 5) is 0. The molecule has 0 saturated carbocycles. The van der Waals surface area contributed by atoms with E-state index in [0.29, 0.717) is 0 Å². The molecule has 0 spiro atoms. The van der Waals surface area contributed by atoms with E-state index in [1.165, 1.54) is 11.9 Å². The normalized spacial score (nSPS) is 16.0. The zero-order valence-corrected chi connectivity index (χ0v) is 3.90. The predicted octanol–water partition coefficient (Wildman–Crippen LogP) is 1.39. The van der Waals surface area contributed by atoms with Gasteiger partial charge in [0, 0.05) is 23.6 Å². The van der Waals surface area contributed by atoms with Crippen molar-refractivity contribution in [3.63, 3.8) is 0 Å². The summed E-state index contributed by atoms with van der Waals surface area (Å²) in [5.41, 5.74) is 2.85. The van der Waals surface area contributed by atoms with Crippen LogP contribution in [0, 0.1) is 0 Å². The third kappa shape index (κ3) is 0.744. The van der Waals surface area contributed by atoms with Crippen LogP contribution in [0.4, 0.5) is 0 Å². The van der Waals surface area contributed by atoms with Gasteiger partial charge in [0.05, 0.1) is 0 Å². The van der Waals surface area contributed by atoms with Crippen LogP contribution in [-0.2, 0) is 0 Å². The van der Waals surface area contributed by atoms with Gasteiger partial charge in [-0.2, -0.15) is 0 Å². The molecule has 1 aliphatic rings. The lowest BCUT2D eigenvalue weighted by Gasteiger charge is -1.77. The van der Waals surface area contributed by atoms with Gasteiger partial charge in [-0.15, -0.1) is 5.73 Å². The van der Waals surface area contributed by atoms with Gasteiger partial charge < -0.3 is 0 Å². The molecule has 0 saturated heterocycles. The van der Waals surface area contributed by atoms with Crippen molar-refractivity contribution in [2.45, 2.75) is 0 Å². The zero-order chi connectivity index (χ0) is 4.24. The van der Waals surface area contributed by atoms with Crippen molar-refractivity contribution in [3.8, 4) is 0 Å². The van der Waals surface area contributed by atoms with Gasteiger partial charge >= 0.3 is 0 Å². The minimum Gasteiger partial charge on any atom is -0.219 e. The average molecular weight is 97.1 g/mol. The lowest BCUT2D eigenvalue weighted by molar-refractivity contribution is 1.96. The first-order valence-electron chi connectivity index (χ1n) is 1.59. The molecule has 0 aliphatic carbocycles. The van der Waals surface area contributed by atoms with E-state index in [0.717, 1.165) is 0 Å². The topological polar surface area (TPSA) is 12.4 Å².